The third-order valence-electron chi connectivity index (χ3n) is 5.09. The van der Waals surface area contributed by atoms with Gasteiger partial charge in [0.1, 0.15) is 12.0 Å². The second-order valence-electron chi connectivity index (χ2n) is 6.92. The fraction of sp³-hybridized carbons (Fsp3) is 0.273. The van der Waals surface area contributed by atoms with Crippen molar-refractivity contribution in [1.29, 1.82) is 0 Å². The standard InChI is InChI=1S/C22H22FN3O/c1-2-16-5-11-19(12-6-16)24-21(27)15-25-14-20(26-13-3-4-22(25)26)17-7-9-18(23)10-8-17/h5-12,14H,2-4,13,15H2,1H3/p+1. The van der Waals surface area contributed by atoms with Gasteiger partial charge in [0.15, 0.2) is 12.2 Å². The summed E-state index contributed by atoms with van der Waals surface area (Å²) in [6.07, 6.45) is 4.98. The summed E-state index contributed by atoms with van der Waals surface area (Å²) < 4.78 is 17.5. The maximum Gasteiger partial charge on any atom is 0.266 e. The van der Waals surface area contributed by atoms with E-state index in [2.05, 4.69) is 16.8 Å². The van der Waals surface area contributed by atoms with Crippen molar-refractivity contribution in [1.82, 2.24) is 4.57 Å². The van der Waals surface area contributed by atoms with Gasteiger partial charge in [0, 0.05) is 11.3 Å². The Labute approximate surface area is 158 Å². The summed E-state index contributed by atoms with van der Waals surface area (Å²) in [5.41, 5.74) is 4.06. The highest BCUT2D eigenvalue weighted by Gasteiger charge is 2.29. The third-order valence-corrected chi connectivity index (χ3v) is 5.09. The lowest BCUT2D eigenvalue weighted by molar-refractivity contribution is -0.690. The van der Waals surface area contributed by atoms with Crippen molar-refractivity contribution in [3.8, 4) is 11.3 Å². The highest BCUT2D eigenvalue weighted by atomic mass is 19.1. The number of halogens is 1. The maximum absolute atomic E-state index is 13.2. The summed E-state index contributed by atoms with van der Waals surface area (Å²) in [5, 5.41) is 2.97. The van der Waals surface area contributed by atoms with E-state index in [1.807, 2.05) is 35.0 Å². The molecule has 0 aliphatic carbocycles. The van der Waals surface area contributed by atoms with Crippen molar-refractivity contribution in [2.24, 2.45) is 0 Å². The molecule has 0 bridgehead atoms. The van der Waals surface area contributed by atoms with Crippen LogP contribution in [0.3, 0.4) is 0 Å². The number of aryl methyl sites for hydroxylation is 1. The van der Waals surface area contributed by atoms with Gasteiger partial charge < -0.3 is 5.32 Å². The smallest absolute Gasteiger partial charge is 0.266 e. The van der Waals surface area contributed by atoms with Gasteiger partial charge in [0.25, 0.3) is 11.7 Å². The summed E-state index contributed by atoms with van der Waals surface area (Å²) in [6, 6.07) is 14.5. The summed E-state index contributed by atoms with van der Waals surface area (Å²) in [5.74, 6) is 0.856. The summed E-state index contributed by atoms with van der Waals surface area (Å²) in [7, 11) is 0. The SMILES string of the molecule is CCc1ccc(NC(=O)C[n+]2cc(-c3ccc(F)cc3)n3c2CCC3)cc1. The number of nitrogens with one attached hydrogen (secondary N) is 1. The molecular weight excluding hydrogens is 341 g/mol. The van der Waals surface area contributed by atoms with Crippen molar-refractivity contribution in [3.63, 3.8) is 0 Å². The fourth-order valence-corrected chi connectivity index (χ4v) is 3.68. The van der Waals surface area contributed by atoms with E-state index in [1.54, 1.807) is 12.1 Å². The summed E-state index contributed by atoms with van der Waals surface area (Å²) in [6.45, 7) is 3.30. The van der Waals surface area contributed by atoms with Crippen molar-refractivity contribution >= 4 is 11.6 Å². The predicted octanol–water partition coefficient (Wildman–Crippen LogP) is 3.73. The van der Waals surface area contributed by atoms with E-state index >= 15 is 0 Å². The highest BCUT2D eigenvalue weighted by molar-refractivity contribution is 5.89. The number of imidazole rings is 1. The van der Waals surface area contributed by atoms with Crippen molar-refractivity contribution in [3.05, 3.63) is 71.9 Å². The maximum atomic E-state index is 13.2. The quantitative estimate of drug-likeness (QED) is 0.689. The molecule has 0 spiro atoms. The van der Waals surface area contributed by atoms with Crippen LogP contribution in [-0.4, -0.2) is 10.5 Å². The van der Waals surface area contributed by atoms with Crippen LogP contribution in [0.4, 0.5) is 10.1 Å². The Kier molecular flexibility index (Phi) is 4.75. The monoisotopic (exact) mass is 364 g/mol. The van der Waals surface area contributed by atoms with E-state index in [0.29, 0.717) is 0 Å². The zero-order valence-electron chi connectivity index (χ0n) is 15.4. The first-order valence-corrected chi connectivity index (χ1v) is 9.40. The number of fused-ring (bicyclic) bond motifs is 1. The Hall–Kier alpha value is -2.95. The van der Waals surface area contributed by atoms with Crippen LogP contribution in [0.2, 0.25) is 0 Å². The number of amides is 1. The highest BCUT2D eigenvalue weighted by Crippen LogP contribution is 2.25. The molecule has 1 N–H and O–H groups in total. The van der Waals surface area contributed by atoms with Crippen molar-refractivity contribution < 1.29 is 13.8 Å². The Morgan fingerprint density at radius 3 is 2.59 bits per heavy atom. The van der Waals surface area contributed by atoms with Gasteiger partial charge >= 0.3 is 0 Å². The number of carbonyl (C=O) groups excluding carboxylic acids is 1. The van der Waals surface area contributed by atoms with Crippen molar-refractivity contribution in [2.45, 2.75) is 39.3 Å². The molecule has 1 aliphatic heterocycles. The second kappa shape index (κ2) is 7.35. The number of hydrogen-bond acceptors (Lipinski definition) is 1. The first-order valence-electron chi connectivity index (χ1n) is 9.40. The Morgan fingerprint density at radius 1 is 1.15 bits per heavy atom. The van der Waals surface area contributed by atoms with E-state index in [9.17, 15) is 9.18 Å². The molecule has 0 saturated carbocycles. The lowest BCUT2D eigenvalue weighted by atomic mass is 10.1. The summed E-state index contributed by atoms with van der Waals surface area (Å²) in [4.78, 5) is 12.5. The number of aromatic nitrogens is 2. The molecule has 2 aromatic carbocycles. The van der Waals surface area contributed by atoms with Crippen LogP contribution in [0.1, 0.15) is 24.7 Å². The minimum atomic E-state index is -0.242. The molecule has 0 unspecified atom stereocenters. The van der Waals surface area contributed by atoms with E-state index < -0.39 is 0 Å². The molecule has 138 valence electrons. The number of hydrogen-bond donors (Lipinski definition) is 1. The number of rotatable bonds is 5. The van der Waals surface area contributed by atoms with E-state index in [4.69, 9.17) is 0 Å². The van der Waals surface area contributed by atoms with Gasteiger partial charge in [-0.1, -0.05) is 19.1 Å². The van der Waals surface area contributed by atoms with Gasteiger partial charge in [-0.05, 0) is 54.8 Å². The molecule has 4 rings (SSSR count). The average Bonchev–Trinajstić information content (AvgIpc) is 3.27. The van der Waals surface area contributed by atoms with Crippen LogP contribution in [0, 0.1) is 5.82 Å². The van der Waals surface area contributed by atoms with Crippen LogP contribution in [0.15, 0.2) is 54.7 Å². The zero-order chi connectivity index (χ0) is 18.8. The Bertz CT molecular complexity index is 958. The molecule has 1 amide bonds. The largest absolute Gasteiger partial charge is 0.323 e. The Morgan fingerprint density at radius 2 is 1.89 bits per heavy atom. The number of nitrogens with zero attached hydrogens (tertiary/aromatic N) is 2. The number of carbonyl (C=O) groups is 1. The molecule has 1 aromatic heterocycles. The van der Waals surface area contributed by atoms with Gasteiger partial charge in [0.05, 0.1) is 13.0 Å². The van der Waals surface area contributed by atoms with Crippen LogP contribution < -0.4 is 9.88 Å². The van der Waals surface area contributed by atoms with Gasteiger partial charge in [-0.3, -0.25) is 4.79 Å². The van der Waals surface area contributed by atoms with Crippen LogP contribution in [-0.2, 0) is 30.7 Å². The molecule has 0 saturated heterocycles. The first kappa shape index (κ1) is 17.5. The minimum Gasteiger partial charge on any atom is -0.323 e. The van der Waals surface area contributed by atoms with Crippen LogP contribution >= 0.6 is 0 Å². The van der Waals surface area contributed by atoms with Gasteiger partial charge in [0.2, 0.25) is 0 Å². The lowest BCUT2D eigenvalue weighted by Crippen LogP contribution is -2.42. The molecule has 0 atom stereocenters. The molecule has 27 heavy (non-hydrogen) atoms. The number of anilines is 1. The van der Waals surface area contributed by atoms with Gasteiger partial charge in [-0.15, -0.1) is 0 Å². The molecular formula is C22H23FN3O+. The van der Waals surface area contributed by atoms with Gasteiger partial charge in [-0.2, -0.15) is 0 Å². The molecule has 0 radical (unpaired) electrons. The lowest BCUT2D eigenvalue weighted by Gasteiger charge is -2.05. The topological polar surface area (TPSA) is 37.9 Å². The first-order chi connectivity index (χ1) is 13.1. The van der Waals surface area contributed by atoms with E-state index in [0.717, 1.165) is 48.6 Å². The minimum absolute atomic E-state index is 0.0461. The molecule has 0 fully saturated rings. The third kappa shape index (κ3) is 3.63. The van der Waals surface area contributed by atoms with Crippen LogP contribution in [0.25, 0.3) is 11.3 Å². The van der Waals surface area contributed by atoms with E-state index in [1.165, 1.54) is 17.7 Å². The normalized spacial score (nSPS) is 12.8. The zero-order valence-corrected chi connectivity index (χ0v) is 15.4. The average molecular weight is 364 g/mol. The van der Waals surface area contributed by atoms with E-state index in [-0.39, 0.29) is 18.3 Å². The van der Waals surface area contributed by atoms with Gasteiger partial charge in [-0.25, -0.2) is 13.5 Å². The molecule has 5 heteroatoms. The van der Waals surface area contributed by atoms with Crippen LogP contribution in [0.5, 0.6) is 0 Å². The predicted molar refractivity (Wildman–Crippen MR) is 103 cm³/mol. The molecule has 4 nitrogen and oxygen atoms in total. The summed E-state index contributed by atoms with van der Waals surface area (Å²) >= 11 is 0. The van der Waals surface area contributed by atoms with Crippen molar-refractivity contribution in [2.75, 3.05) is 5.32 Å². The molecule has 3 aromatic rings. The number of benzene rings is 2. The molecule has 2 heterocycles. The molecule has 1 aliphatic rings. The second-order valence-corrected chi connectivity index (χ2v) is 6.92. The fourth-order valence-electron chi connectivity index (χ4n) is 3.68. The Balaban J connectivity index is 1.54.